The first kappa shape index (κ1) is 12.2. The molecule has 0 saturated carbocycles. The summed E-state index contributed by atoms with van der Waals surface area (Å²) in [6.07, 6.45) is 1.12. The van der Waals surface area contributed by atoms with Gasteiger partial charge in [-0.25, -0.2) is 0 Å². The number of anilines is 1. The fourth-order valence-electron chi connectivity index (χ4n) is 2.52. The van der Waals surface area contributed by atoms with Gasteiger partial charge in [0, 0.05) is 12.7 Å². The summed E-state index contributed by atoms with van der Waals surface area (Å²) in [5.41, 5.74) is 3.34. The van der Waals surface area contributed by atoms with Crippen molar-refractivity contribution in [1.29, 1.82) is 0 Å². The maximum Gasteiger partial charge on any atom is 0.251 e. The van der Waals surface area contributed by atoms with Crippen LogP contribution in [0.1, 0.15) is 17.5 Å². The van der Waals surface area contributed by atoms with Gasteiger partial charge in [0.25, 0.3) is 5.91 Å². The summed E-state index contributed by atoms with van der Waals surface area (Å²) in [5.74, 6) is -0.292. The van der Waals surface area contributed by atoms with E-state index in [9.17, 15) is 9.59 Å². The molecule has 1 aromatic carbocycles. The molecule has 0 bridgehead atoms. The van der Waals surface area contributed by atoms with E-state index >= 15 is 0 Å². The summed E-state index contributed by atoms with van der Waals surface area (Å²) < 4.78 is 5.39. The fraction of sp³-hybridized carbons (Fsp3) is 0.429. The molecule has 5 nitrogen and oxygen atoms in total. The van der Waals surface area contributed by atoms with E-state index in [0.717, 1.165) is 18.7 Å². The standard InChI is InChI=1S/C14H16N2O3/c1-16-13(17)7-12(14(16)18)15-11-3-2-10-8-19-5-4-9(10)6-11/h2-3,6,12,15H,4-5,7-8H2,1H3. The number of hydrogen-bond donors (Lipinski definition) is 1. The third-order valence-electron chi connectivity index (χ3n) is 3.70. The molecule has 19 heavy (non-hydrogen) atoms. The molecule has 100 valence electrons. The Kier molecular flexibility index (Phi) is 2.98. The largest absolute Gasteiger partial charge is 0.376 e. The molecule has 2 aliphatic rings. The number of nitrogens with zero attached hydrogens (tertiary/aromatic N) is 1. The molecule has 0 spiro atoms. The van der Waals surface area contributed by atoms with Gasteiger partial charge in [0.05, 0.1) is 19.6 Å². The number of carbonyl (C=O) groups excluding carboxylic acids is 2. The maximum atomic E-state index is 11.8. The van der Waals surface area contributed by atoms with Gasteiger partial charge in [-0.15, -0.1) is 0 Å². The number of likely N-dealkylation sites (N-methyl/N-ethyl adjacent to an activating group) is 1. The lowest BCUT2D eigenvalue weighted by Gasteiger charge is -2.19. The molecular weight excluding hydrogens is 244 g/mol. The molecule has 0 radical (unpaired) electrons. The monoisotopic (exact) mass is 260 g/mol. The Labute approximate surface area is 111 Å². The number of fused-ring (bicyclic) bond motifs is 1. The van der Waals surface area contributed by atoms with Gasteiger partial charge < -0.3 is 10.1 Å². The fourth-order valence-corrected chi connectivity index (χ4v) is 2.52. The van der Waals surface area contributed by atoms with Gasteiger partial charge >= 0.3 is 0 Å². The minimum Gasteiger partial charge on any atom is -0.376 e. The summed E-state index contributed by atoms with van der Waals surface area (Å²) in [5, 5.41) is 3.15. The van der Waals surface area contributed by atoms with Crippen molar-refractivity contribution in [2.45, 2.75) is 25.5 Å². The van der Waals surface area contributed by atoms with Crippen molar-refractivity contribution in [2.75, 3.05) is 19.0 Å². The molecule has 2 amide bonds. The number of imide groups is 1. The summed E-state index contributed by atoms with van der Waals surface area (Å²) in [4.78, 5) is 24.5. The van der Waals surface area contributed by atoms with E-state index in [0.29, 0.717) is 6.61 Å². The van der Waals surface area contributed by atoms with Gasteiger partial charge in [-0.1, -0.05) is 6.07 Å². The second-order valence-electron chi connectivity index (χ2n) is 4.98. The highest BCUT2D eigenvalue weighted by molar-refractivity contribution is 6.06. The van der Waals surface area contributed by atoms with Gasteiger partial charge in [-0.3, -0.25) is 14.5 Å². The van der Waals surface area contributed by atoms with Crippen LogP contribution in [0, 0.1) is 0 Å². The number of likely N-dealkylation sites (tertiary alicyclic amines) is 1. The highest BCUT2D eigenvalue weighted by Gasteiger charge is 2.35. The first-order valence-electron chi connectivity index (χ1n) is 6.41. The first-order chi connectivity index (χ1) is 9.15. The van der Waals surface area contributed by atoms with Crippen LogP contribution >= 0.6 is 0 Å². The summed E-state index contributed by atoms with van der Waals surface area (Å²) in [6.45, 7) is 1.39. The quantitative estimate of drug-likeness (QED) is 0.804. The number of carbonyl (C=O) groups is 2. The Morgan fingerprint density at radius 2 is 2.16 bits per heavy atom. The first-order valence-corrected chi connectivity index (χ1v) is 6.41. The second-order valence-corrected chi connectivity index (χ2v) is 4.98. The second kappa shape index (κ2) is 4.66. The van der Waals surface area contributed by atoms with Crippen LogP contribution in [-0.4, -0.2) is 36.4 Å². The number of rotatable bonds is 2. The van der Waals surface area contributed by atoms with Gasteiger partial charge in [0.15, 0.2) is 0 Å². The molecule has 1 unspecified atom stereocenters. The van der Waals surface area contributed by atoms with Crippen LogP contribution in [0.25, 0.3) is 0 Å². The van der Waals surface area contributed by atoms with Crippen molar-refractivity contribution >= 4 is 17.5 Å². The zero-order valence-electron chi connectivity index (χ0n) is 10.8. The molecule has 1 fully saturated rings. The number of benzene rings is 1. The van der Waals surface area contributed by atoms with E-state index in [1.807, 2.05) is 18.2 Å². The SMILES string of the molecule is CN1C(=O)CC(Nc2ccc3c(c2)CCOC3)C1=O. The van der Waals surface area contributed by atoms with Gasteiger partial charge in [0.1, 0.15) is 6.04 Å². The predicted octanol–water partition coefficient (Wildman–Crippen LogP) is 0.928. The third-order valence-corrected chi connectivity index (χ3v) is 3.70. The van der Waals surface area contributed by atoms with E-state index in [1.165, 1.54) is 23.1 Å². The Balaban J connectivity index is 1.77. The van der Waals surface area contributed by atoms with Crippen molar-refractivity contribution in [3.63, 3.8) is 0 Å². The third kappa shape index (κ3) is 2.21. The molecule has 3 rings (SSSR count). The van der Waals surface area contributed by atoms with E-state index in [1.54, 1.807) is 0 Å². The molecule has 1 atom stereocenters. The Morgan fingerprint density at radius 3 is 2.89 bits per heavy atom. The molecule has 1 saturated heterocycles. The van der Waals surface area contributed by atoms with Crippen molar-refractivity contribution in [1.82, 2.24) is 4.90 Å². The minimum atomic E-state index is -0.435. The van der Waals surface area contributed by atoms with E-state index in [4.69, 9.17) is 4.74 Å². The Bertz CT molecular complexity index is 541. The van der Waals surface area contributed by atoms with Crippen molar-refractivity contribution in [2.24, 2.45) is 0 Å². The van der Waals surface area contributed by atoms with Gasteiger partial charge in [-0.2, -0.15) is 0 Å². The normalized spacial score (nSPS) is 22.6. The van der Waals surface area contributed by atoms with Crippen LogP contribution in [0.4, 0.5) is 5.69 Å². The highest BCUT2D eigenvalue weighted by atomic mass is 16.5. The average molecular weight is 260 g/mol. The number of nitrogens with one attached hydrogen (secondary N) is 1. The molecule has 0 aliphatic carbocycles. The summed E-state index contributed by atoms with van der Waals surface area (Å²) in [7, 11) is 1.52. The number of amides is 2. The highest BCUT2D eigenvalue weighted by Crippen LogP contribution is 2.23. The van der Waals surface area contributed by atoms with Crippen LogP contribution in [0.3, 0.4) is 0 Å². The summed E-state index contributed by atoms with van der Waals surface area (Å²) in [6, 6.07) is 5.56. The molecule has 1 N–H and O–H groups in total. The smallest absolute Gasteiger partial charge is 0.251 e. The lowest BCUT2D eigenvalue weighted by atomic mass is 10.0. The van der Waals surface area contributed by atoms with E-state index < -0.39 is 6.04 Å². The maximum absolute atomic E-state index is 11.8. The van der Waals surface area contributed by atoms with Crippen LogP contribution in [0.2, 0.25) is 0 Å². The van der Waals surface area contributed by atoms with Crippen molar-refractivity contribution < 1.29 is 14.3 Å². The molecule has 2 heterocycles. The summed E-state index contributed by atoms with van der Waals surface area (Å²) >= 11 is 0. The predicted molar refractivity (Wildman–Crippen MR) is 69.6 cm³/mol. The average Bonchev–Trinajstić information content (AvgIpc) is 2.66. The topological polar surface area (TPSA) is 58.6 Å². The van der Waals surface area contributed by atoms with Gasteiger partial charge in [-0.05, 0) is 29.7 Å². The van der Waals surface area contributed by atoms with Crippen molar-refractivity contribution in [3.05, 3.63) is 29.3 Å². The molecular formula is C14H16N2O3. The zero-order valence-corrected chi connectivity index (χ0v) is 10.8. The van der Waals surface area contributed by atoms with Gasteiger partial charge in [0.2, 0.25) is 5.91 Å². The van der Waals surface area contributed by atoms with Crippen LogP contribution in [0.5, 0.6) is 0 Å². The van der Waals surface area contributed by atoms with E-state index in [2.05, 4.69) is 5.32 Å². The van der Waals surface area contributed by atoms with E-state index in [-0.39, 0.29) is 18.2 Å². The Hall–Kier alpha value is -1.88. The van der Waals surface area contributed by atoms with Crippen molar-refractivity contribution in [3.8, 4) is 0 Å². The van der Waals surface area contributed by atoms with Crippen LogP contribution in [0.15, 0.2) is 18.2 Å². The Morgan fingerprint density at radius 1 is 1.32 bits per heavy atom. The van der Waals surface area contributed by atoms with Crippen LogP contribution < -0.4 is 5.32 Å². The zero-order chi connectivity index (χ0) is 13.4. The van der Waals surface area contributed by atoms with Crippen LogP contribution in [-0.2, 0) is 27.4 Å². The minimum absolute atomic E-state index is 0.131. The molecule has 1 aromatic rings. The number of hydrogen-bond acceptors (Lipinski definition) is 4. The molecule has 5 heteroatoms. The molecule has 0 aromatic heterocycles. The lowest BCUT2D eigenvalue weighted by Crippen LogP contribution is -2.31. The number of ether oxygens (including phenoxy) is 1. The molecule has 2 aliphatic heterocycles. The lowest BCUT2D eigenvalue weighted by molar-refractivity contribution is -0.136.